The van der Waals surface area contributed by atoms with Gasteiger partial charge in [0.05, 0.1) is 5.69 Å². The van der Waals surface area contributed by atoms with E-state index in [0.29, 0.717) is 12.2 Å². The second kappa shape index (κ2) is 4.96. The lowest BCUT2D eigenvalue weighted by Crippen LogP contribution is -2.16. The van der Waals surface area contributed by atoms with Crippen molar-refractivity contribution in [3.8, 4) is 5.75 Å². The first kappa shape index (κ1) is 12.2. The van der Waals surface area contributed by atoms with E-state index in [1.165, 1.54) is 12.1 Å². The van der Waals surface area contributed by atoms with Crippen LogP contribution in [0.4, 0.5) is 15.8 Å². The molecule has 18 heavy (non-hydrogen) atoms. The molecule has 0 aliphatic heterocycles. The number of rotatable bonds is 3. The van der Waals surface area contributed by atoms with Crippen LogP contribution in [0, 0.1) is 5.82 Å². The van der Waals surface area contributed by atoms with Gasteiger partial charge in [-0.1, -0.05) is 6.07 Å². The predicted molar refractivity (Wildman–Crippen MR) is 71.0 cm³/mol. The number of hydrogen-bond acceptors (Lipinski definition) is 3. The first-order valence-electron chi connectivity index (χ1n) is 5.60. The molecule has 2 aromatic rings. The van der Waals surface area contributed by atoms with Gasteiger partial charge in [0.1, 0.15) is 11.6 Å². The monoisotopic (exact) mass is 246 g/mol. The quantitative estimate of drug-likeness (QED) is 0.646. The normalized spacial score (nSPS) is 10.3. The zero-order chi connectivity index (χ0) is 13.1. The highest BCUT2D eigenvalue weighted by Crippen LogP contribution is 2.22. The number of halogens is 1. The van der Waals surface area contributed by atoms with Crippen LogP contribution in [-0.2, 0) is 6.54 Å². The molecule has 0 fully saturated rings. The second-order valence-electron chi connectivity index (χ2n) is 4.23. The van der Waals surface area contributed by atoms with Crippen molar-refractivity contribution in [2.24, 2.45) is 0 Å². The molecule has 0 saturated carbocycles. The molecule has 3 N–H and O–H groups in total. The van der Waals surface area contributed by atoms with Crippen LogP contribution in [0.3, 0.4) is 0 Å². The third-order valence-electron chi connectivity index (χ3n) is 2.78. The van der Waals surface area contributed by atoms with Gasteiger partial charge in [-0.25, -0.2) is 4.39 Å². The van der Waals surface area contributed by atoms with Gasteiger partial charge in [0.2, 0.25) is 0 Å². The van der Waals surface area contributed by atoms with Crippen molar-refractivity contribution in [3.63, 3.8) is 0 Å². The number of nitrogen functional groups attached to an aromatic ring is 1. The summed E-state index contributed by atoms with van der Waals surface area (Å²) >= 11 is 0. The summed E-state index contributed by atoms with van der Waals surface area (Å²) in [6.45, 7) is 0.635. The Bertz CT molecular complexity index is 540. The summed E-state index contributed by atoms with van der Waals surface area (Å²) in [7, 11) is 1.91. The highest BCUT2D eigenvalue weighted by atomic mass is 19.1. The van der Waals surface area contributed by atoms with Crippen molar-refractivity contribution < 1.29 is 9.50 Å². The highest BCUT2D eigenvalue weighted by molar-refractivity contribution is 5.54. The average Bonchev–Trinajstić information content (AvgIpc) is 2.34. The fraction of sp³-hybridized carbons (Fsp3) is 0.143. The van der Waals surface area contributed by atoms with Crippen molar-refractivity contribution in [3.05, 3.63) is 53.8 Å². The molecule has 2 rings (SSSR count). The minimum atomic E-state index is -0.249. The fourth-order valence-electron chi connectivity index (χ4n) is 1.76. The molecule has 0 bridgehead atoms. The molecular weight excluding hydrogens is 231 g/mol. The molecule has 0 aromatic heterocycles. The summed E-state index contributed by atoms with van der Waals surface area (Å²) in [4.78, 5) is 1.98. The number of nitrogens with two attached hydrogens (primary N) is 1. The Morgan fingerprint density at radius 3 is 2.44 bits per heavy atom. The van der Waals surface area contributed by atoms with Gasteiger partial charge < -0.3 is 15.7 Å². The molecule has 0 heterocycles. The first-order chi connectivity index (χ1) is 8.56. The Kier molecular flexibility index (Phi) is 3.37. The van der Waals surface area contributed by atoms with Crippen LogP contribution in [0.25, 0.3) is 0 Å². The Morgan fingerprint density at radius 2 is 1.83 bits per heavy atom. The van der Waals surface area contributed by atoms with E-state index in [4.69, 9.17) is 5.73 Å². The number of phenols is 1. The Balaban J connectivity index is 2.13. The van der Waals surface area contributed by atoms with E-state index in [9.17, 15) is 9.50 Å². The van der Waals surface area contributed by atoms with Crippen LogP contribution in [0.15, 0.2) is 42.5 Å². The Hall–Kier alpha value is -2.23. The zero-order valence-corrected chi connectivity index (χ0v) is 10.1. The summed E-state index contributed by atoms with van der Waals surface area (Å²) in [6.07, 6.45) is 0. The van der Waals surface area contributed by atoms with E-state index in [2.05, 4.69) is 0 Å². The fourth-order valence-corrected chi connectivity index (χ4v) is 1.76. The SMILES string of the molecule is CN(Cc1ccc(O)c(N)c1)c1ccc(F)cc1. The molecule has 3 nitrogen and oxygen atoms in total. The Morgan fingerprint density at radius 1 is 1.17 bits per heavy atom. The van der Waals surface area contributed by atoms with Crippen LogP contribution >= 0.6 is 0 Å². The molecule has 0 unspecified atom stereocenters. The van der Waals surface area contributed by atoms with Crippen molar-refractivity contribution >= 4 is 11.4 Å². The summed E-state index contributed by atoms with van der Waals surface area (Å²) in [6, 6.07) is 11.4. The molecule has 4 heteroatoms. The molecular formula is C14H15FN2O. The molecule has 2 aromatic carbocycles. The van der Waals surface area contributed by atoms with E-state index in [1.807, 2.05) is 18.0 Å². The number of aromatic hydroxyl groups is 1. The zero-order valence-electron chi connectivity index (χ0n) is 10.1. The van der Waals surface area contributed by atoms with E-state index in [0.717, 1.165) is 11.3 Å². The molecule has 0 amide bonds. The van der Waals surface area contributed by atoms with Crippen LogP contribution in [-0.4, -0.2) is 12.2 Å². The maximum absolute atomic E-state index is 12.8. The summed E-state index contributed by atoms with van der Waals surface area (Å²) in [5.74, 6) is -0.163. The van der Waals surface area contributed by atoms with Crippen LogP contribution in [0.1, 0.15) is 5.56 Å². The highest BCUT2D eigenvalue weighted by Gasteiger charge is 2.04. The molecule has 0 atom stereocenters. The number of phenolic OH excluding ortho intramolecular Hbond substituents is 1. The van der Waals surface area contributed by atoms with Gasteiger partial charge in [0.15, 0.2) is 0 Å². The lowest BCUT2D eigenvalue weighted by atomic mass is 10.1. The number of nitrogens with zero attached hydrogens (tertiary/aromatic N) is 1. The maximum Gasteiger partial charge on any atom is 0.138 e. The maximum atomic E-state index is 12.8. The van der Waals surface area contributed by atoms with E-state index >= 15 is 0 Å². The van der Waals surface area contributed by atoms with E-state index in [1.54, 1.807) is 24.3 Å². The van der Waals surface area contributed by atoms with Gasteiger partial charge in [-0.05, 0) is 42.0 Å². The topological polar surface area (TPSA) is 49.5 Å². The predicted octanol–water partition coefficient (Wildman–Crippen LogP) is 2.75. The van der Waals surface area contributed by atoms with Crippen LogP contribution < -0.4 is 10.6 Å². The standard InChI is InChI=1S/C14H15FN2O/c1-17(12-5-3-11(15)4-6-12)9-10-2-7-14(18)13(16)8-10/h2-8,18H,9,16H2,1H3. The van der Waals surface area contributed by atoms with Crippen LogP contribution in [0.5, 0.6) is 5.75 Å². The van der Waals surface area contributed by atoms with Crippen LogP contribution in [0.2, 0.25) is 0 Å². The van der Waals surface area contributed by atoms with Gasteiger partial charge in [-0.2, -0.15) is 0 Å². The summed E-state index contributed by atoms with van der Waals surface area (Å²) in [5.41, 5.74) is 7.90. The second-order valence-corrected chi connectivity index (χ2v) is 4.23. The van der Waals surface area contributed by atoms with Gasteiger partial charge in [0, 0.05) is 19.3 Å². The minimum Gasteiger partial charge on any atom is -0.506 e. The Labute approximate surface area is 105 Å². The number of anilines is 2. The molecule has 0 saturated heterocycles. The van der Waals surface area contributed by atoms with Crippen molar-refractivity contribution in [1.29, 1.82) is 0 Å². The van der Waals surface area contributed by atoms with Crippen molar-refractivity contribution in [2.45, 2.75) is 6.54 Å². The smallest absolute Gasteiger partial charge is 0.138 e. The molecule has 0 aliphatic carbocycles. The van der Waals surface area contributed by atoms with Gasteiger partial charge in [-0.15, -0.1) is 0 Å². The lowest BCUT2D eigenvalue weighted by Gasteiger charge is -2.19. The van der Waals surface area contributed by atoms with Crippen molar-refractivity contribution in [2.75, 3.05) is 17.7 Å². The molecule has 94 valence electrons. The molecule has 0 spiro atoms. The van der Waals surface area contributed by atoms with E-state index in [-0.39, 0.29) is 11.6 Å². The minimum absolute atomic E-state index is 0.0863. The summed E-state index contributed by atoms with van der Waals surface area (Å²) < 4.78 is 12.8. The number of benzene rings is 2. The number of hydrogen-bond donors (Lipinski definition) is 2. The molecule has 0 aliphatic rings. The first-order valence-corrected chi connectivity index (χ1v) is 5.60. The molecule has 0 radical (unpaired) electrons. The third kappa shape index (κ3) is 2.71. The van der Waals surface area contributed by atoms with E-state index < -0.39 is 0 Å². The summed E-state index contributed by atoms with van der Waals surface area (Å²) in [5, 5.41) is 9.35. The average molecular weight is 246 g/mol. The van der Waals surface area contributed by atoms with Gasteiger partial charge >= 0.3 is 0 Å². The van der Waals surface area contributed by atoms with Crippen molar-refractivity contribution in [1.82, 2.24) is 0 Å². The lowest BCUT2D eigenvalue weighted by molar-refractivity contribution is 0.478. The largest absolute Gasteiger partial charge is 0.506 e. The van der Waals surface area contributed by atoms with Gasteiger partial charge in [0.25, 0.3) is 0 Å². The third-order valence-corrected chi connectivity index (χ3v) is 2.78. The van der Waals surface area contributed by atoms with Gasteiger partial charge in [-0.3, -0.25) is 0 Å².